The summed E-state index contributed by atoms with van der Waals surface area (Å²) in [7, 11) is 0. The first-order valence-corrected chi connectivity index (χ1v) is 7.77. The Kier molecular flexibility index (Phi) is 4.94. The normalized spacial score (nSPS) is 17.8. The van der Waals surface area contributed by atoms with Gasteiger partial charge in [0, 0.05) is 30.4 Å². The quantitative estimate of drug-likeness (QED) is 0.482. The maximum absolute atomic E-state index is 13.8. The molecule has 1 unspecified atom stereocenters. The molecule has 1 aromatic carbocycles. The molecule has 2 heterocycles. The zero-order chi connectivity index (χ0) is 19.8. The van der Waals surface area contributed by atoms with Crippen LogP contribution >= 0.6 is 0 Å². The van der Waals surface area contributed by atoms with Gasteiger partial charge < -0.3 is 10.8 Å². The second kappa shape index (κ2) is 7.05. The highest BCUT2D eigenvalue weighted by Gasteiger charge is 2.39. The number of halogens is 4. The van der Waals surface area contributed by atoms with Gasteiger partial charge in [-0.05, 0) is 23.8 Å². The number of hydrogen-bond donors (Lipinski definition) is 2. The molecule has 0 saturated heterocycles. The SMILES string of the molecule is NC(=NC(=O)C(F)(F)F)c1ccc2c(c1)C(O)N(Cc1ncccc1F)C2. The van der Waals surface area contributed by atoms with Crippen LogP contribution in [0.1, 0.15) is 28.6 Å². The van der Waals surface area contributed by atoms with E-state index in [2.05, 4.69) is 9.98 Å². The van der Waals surface area contributed by atoms with E-state index >= 15 is 0 Å². The van der Waals surface area contributed by atoms with E-state index in [4.69, 9.17) is 5.73 Å². The highest BCUT2D eigenvalue weighted by molar-refractivity contribution is 6.05. The minimum absolute atomic E-state index is 0.0357. The Morgan fingerprint density at radius 3 is 2.78 bits per heavy atom. The van der Waals surface area contributed by atoms with Gasteiger partial charge in [0.2, 0.25) is 0 Å². The van der Waals surface area contributed by atoms with Gasteiger partial charge >= 0.3 is 12.1 Å². The first-order chi connectivity index (χ1) is 12.7. The summed E-state index contributed by atoms with van der Waals surface area (Å²) in [6.07, 6.45) is -4.82. The number of aliphatic hydroxyl groups is 1. The monoisotopic (exact) mass is 382 g/mol. The van der Waals surface area contributed by atoms with Crippen molar-refractivity contribution >= 4 is 11.7 Å². The highest BCUT2D eigenvalue weighted by atomic mass is 19.4. The maximum atomic E-state index is 13.8. The van der Waals surface area contributed by atoms with Crippen LogP contribution in [-0.4, -0.2) is 32.9 Å². The van der Waals surface area contributed by atoms with Gasteiger partial charge in [-0.15, -0.1) is 0 Å². The molecule has 0 saturated carbocycles. The summed E-state index contributed by atoms with van der Waals surface area (Å²) >= 11 is 0. The predicted octanol–water partition coefficient (Wildman–Crippen LogP) is 2.02. The molecular formula is C17H14F4N4O2. The largest absolute Gasteiger partial charge is 0.473 e. The van der Waals surface area contributed by atoms with Gasteiger partial charge in [0.15, 0.2) is 0 Å². The van der Waals surface area contributed by atoms with Crippen molar-refractivity contribution in [2.45, 2.75) is 25.5 Å². The predicted molar refractivity (Wildman–Crippen MR) is 86.6 cm³/mol. The summed E-state index contributed by atoms with van der Waals surface area (Å²) in [5.74, 6) is -3.43. The molecule has 1 atom stereocenters. The van der Waals surface area contributed by atoms with Crippen molar-refractivity contribution in [3.63, 3.8) is 0 Å². The van der Waals surface area contributed by atoms with Crippen molar-refractivity contribution in [3.05, 3.63) is 64.7 Å². The number of carbonyl (C=O) groups is 1. The molecule has 1 aliphatic heterocycles. The number of nitrogens with zero attached hydrogens (tertiary/aromatic N) is 3. The standard InChI is InChI=1S/C17H14F4N4O2/c18-12-2-1-5-23-13(12)8-25-7-10-4-3-9(6-11(10)15(25)26)14(22)24-16(27)17(19,20)21/h1-6,15,26H,7-8H2,(H2,22,24,27). The third kappa shape index (κ3) is 3.96. The number of aliphatic hydroxyl groups excluding tert-OH is 1. The maximum Gasteiger partial charge on any atom is 0.473 e. The number of amidine groups is 1. The van der Waals surface area contributed by atoms with E-state index in [9.17, 15) is 27.5 Å². The molecule has 3 N–H and O–H groups in total. The van der Waals surface area contributed by atoms with Gasteiger partial charge in [0.05, 0.1) is 5.69 Å². The number of pyridine rings is 1. The van der Waals surface area contributed by atoms with Crippen molar-refractivity contribution in [1.29, 1.82) is 0 Å². The topological polar surface area (TPSA) is 91.8 Å². The molecule has 0 aliphatic carbocycles. The van der Waals surface area contributed by atoms with E-state index in [0.717, 1.165) is 0 Å². The van der Waals surface area contributed by atoms with Gasteiger partial charge in [0.25, 0.3) is 0 Å². The van der Waals surface area contributed by atoms with Crippen molar-refractivity contribution in [1.82, 2.24) is 9.88 Å². The summed E-state index contributed by atoms with van der Waals surface area (Å²) in [6, 6.07) is 7.02. The Balaban J connectivity index is 1.82. The van der Waals surface area contributed by atoms with E-state index < -0.39 is 30.0 Å². The summed E-state index contributed by atoms with van der Waals surface area (Å²) < 4.78 is 50.7. The number of hydrogen-bond acceptors (Lipinski definition) is 4. The van der Waals surface area contributed by atoms with E-state index in [1.807, 2.05) is 0 Å². The Bertz CT molecular complexity index is 914. The molecule has 6 nitrogen and oxygen atoms in total. The fourth-order valence-corrected chi connectivity index (χ4v) is 2.75. The second-order valence-corrected chi connectivity index (χ2v) is 5.92. The molecule has 0 spiro atoms. The van der Waals surface area contributed by atoms with Crippen LogP contribution in [-0.2, 0) is 17.9 Å². The molecule has 1 aromatic heterocycles. The van der Waals surface area contributed by atoms with Gasteiger partial charge in [-0.3, -0.25) is 14.7 Å². The number of amides is 1. The molecule has 10 heteroatoms. The van der Waals surface area contributed by atoms with Crippen LogP contribution in [0.25, 0.3) is 0 Å². The molecule has 27 heavy (non-hydrogen) atoms. The minimum atomic E-state index is -5.12. The summed E-state index contributed by atoms with van der Waals surface area (Å²) in [5, 5.41) is 10.5. The third-order valence-electron chi connectivity index (χ3n) is 4.09. The molecule has 0 radical (unpaired) electrons. The number of benzene rings is 1. The molecule has 0 bridgehead atoms. The van der Waals surface area contributed by atoms with E-state index in [1.165, 1.54) is 35.4 Å². The van der Waals surface area contributed by atoms with Crippen LogP contribution < -0.4 is 5.73 Å². The molecule has 1 aliphatic rings. The smallest absolute Gasteiger partial charge is 0.383 e. The Morgan fingerprint density at radius 1 is 1.37 bits per heavy atom. The van der Waals surface area contributed by atoms with Gasteiger partial charge in [-0.2, -0.15) is 18.2 Å². The fourth-order valence-electron chi connectivity index (χ4n) is 2.75. The highest BCUT2D eigenvalue weighted by Crippen LogP contribution is 2.33. The molecule has 1 amide bonds. The Labute approximate surface area is 151 Å². The van der Waals surface area contributed by atoms with Crippen LogP contribution in [0.5, 0.6) is 0 Å². The number of carbonyl (C=O) groups excluding carboxylic acids is 1. The van der Waals surface area contributed by atoms with E-state index in [1.54, 1.807) is 6.07 Å². The number of aromatic nitrogens is 1. The average molecular weight is 382 g/mol. The first kappa shape index (κ1) is 18.9. The van der Waals surface area contributed by atoms with Gasteiger partial charge in [-0.1, -0.05) is 12.1 Å². The summed E-state index contributed by atoms with van der Waals surface area (Å²) in [4.78, 5) is 19.2. The fraction of sp³-hybridized carbons (Fsp3) is 0.235. The number of nitrogens with two attached hydrogens (primary N) is 1. The van der Waals surface area contributed by atoms with Crippen molar-refractivity contribution < 1.29 is 27.5 Å². The van der Waals surface area contributed by atoms with Crippen molar-refractivity contribution in [2.75, 3.05) is 0 Å². The van der Waals surface area contributed by atoms with E-state index in [0.29, 0.717) is 11.1 Å². The lowest BCUT2D eigenvalue weighted by atomic mass is 10.1. The molecule has 142 valence electrons. The van der Waals surface area contributed by atoms with Crippen LogP contribution in [0.15, 0.2) is 41.5 Å². The van der Waals surface area contributed by atoms with Crippen LogP contribution in [0.3, 0.4) is 0 Å². The third-order valence-corrected chi connectivity index (χ3v) is 4.09. The molecular weight excluding hydrogens is 368 g/mol. The zero-order valence-corrected chi connectivity index (χ0v) is 13.7. The van der Waals surface area contributed by atoms with Gasteiger partial charge in [-0.25, -0.2) is 4.39 Å². The molecule has 0 fully saturated rings. The van der Waals surface area contributed by atoms with Gasteiger partial charge in [0.1, 0.15) is 17.9 Å². The number of alkyl halides is 3. The van der Waals surface area contributed by atoms with Crippen molar-refractivity contribution in [2.24, 2.45) is 10.7 Å². The number of aliphatic imine (C=N–C) groups is 1. The number of fused-ring (bicyclic) bond motifs is 1. The van der Waals surface area contributed by atoms with E-state index in [-0.39, 0.29) is 24.3 Å². The first-order valence-electron chi connectivity index (χ1n) is 7.77. The van der Waals surface area contributed by atoms with Crippen LogP contribution in [0.2, 0.25) is 0 Å². The van der Waals surface area contributed by atoms with Crippen LogP contribution in [0.4, 0.5) is 17.6 Å². The lowest BCUT2D eigenvalue weighted by Crippen LogP contribution is -2.25. The molecule has 2 aromatic rings. The Hall–Kier alpha value is -2.85. The summed E-state index contributed by atoms with van der Waals surface area (Å²) in [5.41, 5.74) is 6.79. The average Bonchev–Trinajstić information content (AvgIpc) is 2.91. The zero-order valence-electron chi connectivity index (χ0n) is 13.7. The minimum Gasteiger partial charge on any atom is -0.383 e. The lowest BCUT2D eigenvalue weighted by Gasteiger charge is -2.20. The number of rotatable bonds is 3. The van der Waals surface area contributed by atoms with Crippen molar-refractivity contribution in [3.8, 4) is 0 Å². The lowest BCUT2D eigenvalue weighted by molar-refractivity contribution is -0.169. The summed E-state index contributed by atoms with van der Waals surface area (Å²) in [6.45, 7) is 0.319. The molecule has 3 rings (SSSR count). The Morgan fingerprint density at radius 2 is 2.11 bits per heavy atom. The van der Waals surface area contributed by atoms with Crippen LogP contribution in [0, 0.1) is 5.82 Å². The second-order valence-electron chi connectivity index (χ2n) is 5.92.